The minimum absolute atomic E-state index is 0.00329. The van der Waals surface area contributed by atoms with Gasteiger partial charge in [0.2, 0.25) is 11.7 Å². The van der Waals surface area contributed by atoms with Gasteiger partial charge >= 0.3 is 5.97 Å². The summed E-state index contributed by atoms with van der Waals surface area (Å²) in [5.74, 6) is -0.109. The quantitative estimate of drug-likeness (QED) is 0.773. The smallest absolute Gasteiger partial charge is 0.326 e. The van der Waals surface area contributed by atoms with E-state index in [0.717, 1.165) is 25.7 Å². The maximum absolute atomic E-state index is 11.8. The van der Waals surface area contributed by atoms with Crippen LogP contribution in [0.5, 0.6) is 0 Å². The number of hydrogen-bond donors (Lipinski definition) is 1. The molecule has 1 aromatic rings. The molecule has 1 aromatic heterocycles. The molecule has 1 amide bonds. The van der Waals surface area contributed by atoms with Crippen molar-refractivity contribution in [2.24, 2.45) is 0 Å². The van der Waals surface area contributed by atoms with Crippen LogP contribution in [-0.4, -0.2) is 50.5 Å². The fourth-order valence-electron chi connectivity index (χ4n) is 1.97. The maximum atomic E-state index is 11.8. The Morgan fingerprint density at radius 3 is 2.95 bits per heavy atom. The number of hydrogen-bond acceptors (Lipinski definition) is 6. The monoisotopic (exact) mass is 267 g/mol. The second kappa shape index (κ2) is 6.81. The SMILES string of the molecule is O=C(CN1CCCCCCC1=O)OCc1nn[nH]n1. The number of aromatic nitrogens is 4. The molecule has 0 saturated carbocycles. The van der Waals surface area contributed by atoms with E-state index in [9.17, 15) is 9.59 Å². The van der Waals surface area contributed by atoms with Crippen molar-refractivity contribution in [3.8, 4) is 0 Å². The first kappa shape index (κ1) is 13.4. The van der Waals surface area contributed by atoms with Gasteiger partial charge in [0.05, 0.1) is 0 Å². The molecule has 2 rings (SSSR count). The van der Waals surface area contributed by atoms with Crippen LogP contribution >= 0.6 is 0 Å². The largest absolute Gasteiger partial charge is 0.456 e. The second-order valence-electron chi connectivity index (χ2n) is 4.47. The molecule has 8 nitrogen and oxygen atoms in total. The summed E-state index contributed by atoms with van der Waals surface area (Å²) in [5.41, 5.74) is 0. The summed E-state index contributed by atoms with van der Waals surface area (Å²) in [6, 6.07) is 0. The molecule has 1 fully saturated rings. The van der Waals surface area contributed by atoms with E-state index < -0.39 is 5.97 Å². The van der Waals surface area contributed by atoms with Gasteiger partial charge in [-0.25, -0.2) is 0 Å². The topological polar surface area (TPSA) is 101 Å². The van der Waals surface area contributed by atoms with Crippen LogP contribution in [0.4, 0.5) is 0 Å². The van der Waals surface area contributed by atoms with Crippen LogP contribution in [0.3, 0.4) is 0 Å². The summed E-state index contributed by atoms with van der Waals surface area (Å²) in [7, 11) is 0. The molecule has 0 atom stereocenters. The number of carbonyl (C=O) groups excluding carboxylic acids is 2. The number of rotatable bonds is 4. The lowest BCUT2D eigenvalue weighted by molar-refractivity contribution is -0.150. The summed E-state index contributed by atoms with van der Waals surface area (Å²) in [5, 5.41) is 13.0. The molecule has 8 heteroatoms. The Balaban J connectivity index is 1.77. The molecule has 1 N–H and O–H groups in total. The van der Waals surface area contributed by atoms with E-state index in [1.807, 2.05) is 0 Å². The molecule has 0 aromatic carbocycles. The van der Waals surface area contributed by atoms with Gasteiger partial charge in [0.15, 0.2) is 6.61 Å². The van der Waals surface area contributed by atoms with E-state index in [1.165, 1.54) is 0 Å². The zero-order chi connectivity index (χ0) is 13.5. The van der Waals surface area contributed by atoms with Gasteiger partial charge in [-0.1, -0.05) is 18.1 Å². The first-order chi connectivity index (χ1) is 9.25. The number of esters is 1. The van der Waals surface area contributed by atoms with Crippen LogP contribution in [0.2, 0.25) is 0 Å². The molecule has 104 valence electrons. The van der Waals surface area contributed by atoms with Crippen molar-refractivity contribution in [3.63, 3.8) is 0 Å². The minimum Gasteiger partial charge on any atom is -0.456 e. The highest BCUT2D eigenvalue weighted by Crippen LogP contribution is 2.11. The summed E-state index contributed by atoms with van der Waals surface area (Å²) in [6.07, 6.45) is 4.53. The molecule has 2 heterocycles. The van der Waals surface area contributed by atoms with E-state index in [0.29, 0.717) is 18.8 Å². The van der Waals surface area contributed by atoms with Gasteiger partial charge in [-0.05, 0) is 12.8 Å². The molecule has 1 saturated heterocycles. The Morgan fingerprint density at radius 1 is 1.32 bits per heavy atom. The number of H-pyrrole nitrogens is 1. The van der Waals surface area contributed by atoms with Crippen molar-refractivity contribution in [3.05, 3.63) is 5.82 Å². The number of likely N-dealkylation sites (tertiary alicyclic amines) is 1. The van der Waals surface area contributed by atoms with Gasteiger partial charge in [0.1, 0.15) is 6.54 Å². The highest BCUT2D eigenvalue weighted by Gasteiger charge is 2.19. The van der Waals surface area contributed by atoms with Crippen molar-refractivity contribution in [2.45, 2.75) is 38.7 Å². The summed E-state index contributed by atoms with van der Waals surface area (Å²) in [4.78, 5) is 25.0. The Morgan fingerprint density at radius 2 is 2.16 bits per heavy atom. The Labute approximate surface area is 110 Å². The number of amides is 1. The van der Waals surface area contributed by atoms with Crippen molar-refractivity contribution in [1.29, 1.82) is 0 Å². The predicted molar refractivity (Wildman–Crippen MR) is 63.6 cm³/mol. The zero-order valence-electron chi connectivity index (χ0n) is 10.7. The number of aromatic amines is 1. The van der Waals surface area contributed by atoms with Crippen molar-refractivity contribution >= 4 is 11.9 Å². The standard InChI is InChI=1S/C11H17N5O3/c17-10-5-3-1-2-4-6-16(10)7-11(18)19-8-9-12-14-15-13-9/h1-8H2,(H,12,13,14,15). The van der Waals surface area contributed by atoms with Gasteiger partial charge in [0.25, 0.3) is 0 Å². The zero-order valence-corrected chi connectivity index (χ0v) is 10.7. The normalized spacial score (nSPS) is 16.8. The molecule has 0 aliphatic carbocycles. The van der Waals surface area contributed by atoms with Crippen molar-refractivity contribution in [2.75, 3.05) is 13.1 Å². The third-order valence-corrected chi connectivity index (χ3v) is 2.99. The van der Waals surface area contributed by atoms with E-state index in [1.54, 1.807) is 4.90 Å². The lowest BCUT2D eigenvalue weighted by Crippen LogP contribution is -2.37. The molecule has 1 aliphatic heterocycles. The average Bonchev–Trinajstić information content (AvgIpc) is 2.89. The minimum atomic E-state index is -0.446. The highest BCUT2D eigenvalue weighted by atomic mass is 16.5. The van der Waals surface area contributed by atoms with Gasteiger partial charge in [0, 0.05) is 13.0 Å². The van der Waals surface area contributed by atoms with Crippen molar-refractivity contribution in [1.82, 2.24) is 25.5 Å². The van der Waals surface area contributed by atoms with Gasteiger partial charge in [-0.3, -0.25) is 9.59 Å². The summed E-state index contributed by atoms with van der Waals surface area (Å²) < 4.78 is 4.99. The van der Waals surface area contributed by atoms with E-state index >= 15 is 0 Å². The van der Waals surface area contributed by atoms with Crippen LogP contribution in [0, 0.1) is 0 Å². The molecular formula is C11H17N5O3. The lowest BCUT2D eigenvalue weighted by atomic mass is 10.1. The highest BCUT2D eigenvalue weighted by molar-refractivity contribution is 5.82. The first-order valence-electron chi connectivity index (χ1n) is 6.41. The van der Waals surface area contributed by atoms with Gasteiger partial charge < -0.3 is 9.64 Å². The third-order valence-electron chi connectivity index (χ3n) is 2.99. The Bertz CT molecular complexity index is 420. The fraction of sp³-hybridized carbons (Fsp3) is 0.727. The maximum Gasteiger partial charge on any atom is 0.326 e. The van der Waals surface area contributed by atoms with Crippen LogP contribution in [0.25, 0.3) is 0 Å². The predicted octanol–water partition coefficient (Wildman–Crippen LogP) is 0.0356. The Hall–Kier alpha value is -1.99. The van der Waals surface area contributed by atoms with E-state index in [2.05, 4.69) is 20.6 Å². The average molecular weight is 267 g/mol. The number of nitrogens with zero attached hydrogens (tertiary/aromatic N) is 4. The van der Waals surface area contributed by atoms with Gasteiger partial charge in [-0.2, -0.15) is 5.21 Å². The molecule has 0 spiro atoms. The molecular weight excluding hydrogens is 250 g/mol. The molecule has 0 bridgehead atoms. The van der Waals surface area contributed by atoms with Gasteiger partial charge in [-0.15, -0.1) is 10.2 Å². The van der Waals surface area contributed by atoms with E-state index in [-0.39, 0.29) is 19.1 Å². The Kier molecular flexibility index (Phi) is 4.82. The number of tetrazole rings is 1. The summed E-state index contributed by atoms with van der Waals surface area (Å²) >= 11 is 0. The third kappa shape index (κ3) is 4.31. The van der Waals surface area contributed by atoms with Crippen LogP contribution in [0.1, 0.15) is 37.9 Å². The number of nitrogens with one attached hydrogen (secondary N) is 1. The molecule has 19 heavy (non-hydrogen) atoms. The molecule has 1 aliphatic rings. The van der Waals surface area contributed by atoms with Crippen LogP contribution in [-0.2, 0) is 20.9 Å². The second-order valence-corrected chi connectivity index (χ2v) is 4.47. The lowest BCUT2D eigenvalue weighted by Gasteiger charge is -2.23. The summed E-state index contributed by atoms with van der Waals surface area (Å²) in [6.45, 7) is 0.587. The number of carbonyl (C=O) groups is 2. The molecule has 0 radical (unpaired) electrons. The molecule has 0 unspecified atom stereocenters. The van der Waals surface area contributed by atoms with E-state index in [4.69, 9.17) is 4.74 Å². The first-order valence-corrected chi connectivity index (χ1v) is 6.41. The van der Waals surface area contributed by atoms with Crippen molar-refractivity contribution < 1.29 is 14.3 Å². The number of ether oxygens (including phenoxy) is 1. The van der Waals surface area contributed by atoms with Crippen LogP contribution < -0.4 is 0 Å². The van der Waals surface area contributed by atoms with Crippen LogP contribution in [0.15, 0.2) is 0 Å². The fourth-order valence-corrected chi connectivity index (χ4v) is 1.97.